The standard InChI is InChI=1S/C50H85N3O4/c1-16-17-18-19-20-21-22-23-24-25-26-27-28-29-30-53(14,15)36-43(54)52(35-37-31-40(48(5,6)7)45(56)41(32-37)49(8,9)10)51-34-38-39(47(2,3)4)33-42(50(11,12)13)46(57)44(38)55/h31-34H,16-30,35-36H2,1-15H3,(H2-,51,55,56,57)/p+1. The van der Waals surface area contributed by atoms with Crippen LogP contribution in [0.5, 0.6) is 17.2 Å². The molecule has 2 aromatic carbocycles. The van der Waals surface area contributed by atoms with Gasteiger partial charge in [-0.1, -0.05) is 173 Å². The molecule has 2 rings (SSSR count). The molecule has 0 radical (unpaired) electrons. The molecule has 0 heterocycles. The maximum atomic E-state index is 14.4. The molecule has 0 spiro atoms. The van der Waals surface area contributed by atoms with E-state index in [1.165, 1.54) is 82.1 Å². The number of hydrogen-bond acceptors (Lipinski definition) is 5. The molecule has 0 aliphatic rings. The number of hydrogen-bond donors (Lipinski definition) is 3. The number of carbonyl (C=O) groups is 1. The number of phenolic OH excluding ortho intramolecular Hbond substituents is 3. The van der Waals surface area contributed by atoms with Crippen LogP contribution in [0.25, 0.3) is 0 Å². The molecule has 0 atom stereocenters. The van der Waals surface area contributed by atoms with E-state index in [1.807, 2.05) is 39.0 Å². The van der Waals surface area contributed by atoms with Crippen molar-refractivity contribution in [3.63, 3.8) is 0 Å². The van der Waals surface area contributed by atoms with Crippen molar-refractivity contribution < 1.29 is 24.6 Å². The molecule has 0 bridgehead atoms. The topological polar surface area (TPSA) is 93.4 Å². The number of quaternary nitrogens is 1. The molecular weight excluding hydrogens is 707 g/mol. The third kappa shape index (κ3) is 16.3. The summed E-state index contributed by atoms with van der Waals surface area (Å²) in [6.45, 7) is 28.4. The Morgan fingerprint density at radius 1 is 0.579 bits per heavy atom. The minimum Gasteiger partial charge on any atom is -0.507 e. The van der Waals surface area contributed by atoms with Crippen LogP contribution in [0, 0.1) is 0 Å². The molecule has 0 unspecified atom stereocenters. The highest BCUT2D eigenvalue weighted by molar-refractivity contribution is 5.89. The Bertz CT molecular complexity index is 1560. The van der Waals surface area contributed by atoms with Crippen molar-refractivity contribution in [2.45, 2.75) is 208 Å². The summed E-state index contributed by atoms with van der Waals surface area (Å²) in [5.74, 6) is -0.229. The van der Waals surface area contributed by atoms with Crippen LogP contribution in [-0.2, 0) is 33.0 Å². The minimum atomic E-state index is -0.399. The second kappa shape index (κ2) is 21.3. The molecule has 0 saturated carbocycles. The second-order valence-corrected chi connectivity index (χ2v) is 21.7. The molecule has 0 aliphatic heterocycles. The number of rotatable bonds is 21. The van der Waals surface area contributed by atoms with Crippen molar-refractivity contribution in [1.29, 1.82) is 0 Å². The predicted octanol–water partition coefficient (Wildman–Crippen LogP) is 12.9. The quantitative estimate of drug-likeness (QED) is 0.0386. The molecule has 57 heavy (non-hydrogen) atoms. The molecule has 2 aromatic rings. The van der Waals surface area contributed by atoms with Crippen molar-refractivity contribution in [1.82, 2.24) is 5.01 Å². The summed E-state index contributed by atoms with van der Waals surface area (Å²) in [5, 5.41) is 40.5. The summed E-state index contributed by atoms with van der Waals surface area (Å²) in [6, 6.07) is 5.96. The van der Waals surface area contributed by atoms with Gasteiger partial charge < -0.3 is 19.8 Å². The highest BCUT2D eigenvalue weighted by Crippen LogP contribution is 2.44. The second-order valence-electron chi connectivity index (χ2n) is 21.7. The Morgan fingerprint density at radius 3 is 1.37 bits per heavy atom. The number of likely N-dealkylation sites (N-methyl/N-ethyl adjacent to an activating group) is 1. The van der Waals surface area contributed by atoms with E-state index in [4.69, 9.17) is 5.10 Å². The van der Waals surface area contributed by atoms with Crippen molar-refractivity contribution in [2.24, 2.45) is 5.10 Å². The fraction of sp³-hybridized carbons (Fsp3) is 0.720. The molecule has 324 valence electrons. The molecule has 0 aromatic heterocycles. The van der Waals surface area contributed by atoms with Crippen LogP contribution in [0.4, 0.5) is 0 Å². The maximum absolute atomic E-state index is 14.4. The molecule has 7 nitrogen and oxygen atoms in total. The van der Waals surface area contributed by atoms with Gasteiger partial charge in [0.05, 0.1) is 33.4 Å². The van der Waals surface area contributed by atoms with Crippen molar-refractivity contribution in [3.05, 3.63) is 51.6 Å². The van der Waals surface area contributed by atoms with Crippen molar-refractivity contribution in [3.8, 4) is 17.2 Å². The van der Waals surface area contributed by atoms with Gasteiger partial charge in [0.2, 0.25) is 0 Å². The normalized spacial score (nSPS) is 13.2. The van der Waals surface area contributed by atoms with Gasteiger partial charge in [-0.05, 0) is 68.9 Å². The van der Waals surface area contributed by atoms with E-state index in [2.05, 4.69) is 83.3 Å². The average molecular weight is 793 g/mol. The number of phenols is 3. The lowest BCUT2D eigenvalue weighted by Gasteiger charge is -2.32. The van der Waals surface area contributed by atoms with E-state index in [-0.39, 0.29) is 46.7 Å². The lowest BCUT2D eigenvalue weighted by molar-refractivity contribution is -0.883. The predicted molar refractivity (Wildman–Crippen MR) is 243 cm³/mol. The van der Waals surface area contributed by atoms with Gasteiger partial charge in [-0.25, -0.2) is 5.01 Å². The summed E-state index contributed by atoms with van der Waals surface area (Å²) in [4.78, 5) is 14.4. The van der Waals surface area contributed by atoms with Crippen LogP contribution in [0.3, 0.4) is 0 Å². The van der Waals surface area contributed by atoms with E-state index >= 15 is 0 Å². The monoisotopic (exact) mass is 793 g/mol. The third-order valence-electron chi connectivity index (χ3n) is 11.3. The van der Waals surface area contributed by atoms with Gasteiger partial charge in [0.15, 0.2) is 18.0 Å². The average Bonchev–Trinajstić information content (AvgIpc) is 3.06. The Kier molecular flexibility index (Phi) is 18.7. The zero-order valence-corrected chi connectivity index (χ0v) is 39.4. The minimum absolute atomic E-state index is 0.128. The summed E-state index contributed by atoms with van der Waals surface area (Å²) in [6.07, 6.45) is 19.9. The lowest BCUT2D eigenvalue weighted by Crippen LogP contribution is -2.48. The first kappa shape index (κ1) is 50.1. The van der Waals surface area contributed by atoms with Gasteiger partial charge in [0.25, 0.3) is 5.91 Å². The number of hydrazone groups is 1. The van der Waals surface area contributed by atoms with Crippen LogP contribution in [0.15, 0.2) is 23.3 Å². The van der Waals surface area contributed by atoms with Crippen molar-refractivity contribution >= 4 is 12.1 Å². The van der Waals surface area contributed by atoms with Gasteiger partial charge in [0, 0.05) is 11.1 Å². The lowest BCUT2D eigenvalue weighted by atomic mass is 9.77. The van der Waals surface area contributed by atoms with Crippen LogP contribution in [0.1, 0.15) is 213 Å². The zero-order valence-electron chi connectivity index (χ0n) is 39.4. The van der Waals surface area contributed by atoms with E-state index in [9.17, 15) is 20.1 Å². The van der Waals surface area contributed by atoms with Gasteiger partial charge >= 0.3 is 0 Å². The molecule has 0 aliphatic carbocycles. The van der Waals surface area contributed by atoms with Crippen LogP contribution < -0.4 is 0 Å². The van der Waals surface area contributed by atoms with Crippen LogP contribution in [0.2, 0.25) is 0 Å². The first-order valence-electron chi connectivity index (χ1n) is 22.3. The largest absolute Gasteiger partial charge is 0.507 e. The summed E-state index contributed by atoms with van der Waals surface area (Å²) in [7, 11) is 4.23. The van der Waals surface area contributed by atoms with Gasteiger partial charge in [-0.15, -0.1) is 0 Å². The Hall–Kier alpha value is -3.06. The number of benzene rings is 2. The number of amides is 1. The molecule has 0 fully saturated rings. The molecule has 1 amide bonds. The first-order chi connectivity index (χ1) is 26.2. The molecule has 7 heteroatoms. The van der Waals surface area contributed by atoms with E-state index < -0.39 is 5.41 Å². The Morgan fingerprint density at radius 2 is 0.965 bits per heavy atom. The maximum Gasteiger partial charge on any atom is 0.298 e. The summed E-state index contributed by atoms with van der Waals surface area (Å²) >= 11 is 0. The first-order valence-corrected chi connectivity index (χ1v) is 22.3. The molecular formula is C50H86N3O4+. The van der Waals surface area contributed by atoms with Gasteiger partial charge in [-0.3, -0.25) is 4.79 Å². The van der Waals surface area contributed by atoms with Crippen molar-refractivity contribution in [2.75, 3.05) is 27.2 Å². The number of carbonyl (C=O) groups excluding carboxylic acids is 1. The number of unbranched alkanes of at least 4 members (excludes halogenated alkanes) is 13. The summed E-state index contributed by atoms with van der Waals surface area (Å²) in [5.41, 5.74) is 2.98. The van der Waals surface area contributed by atoms with Gasteiger partial charge in [-0.2, -0.15) is 5.10 Å². The fourth-order valence-corrected chi connectivity index (χ4v) is 7.68. The van der Waals surface area contributed by atoms with E-state index in [0.29, 0.717) is 21.4 Å². The highest BCUT2D eigenvalue weighted by atomic mass is 16.3. The van der Waals surface area contributed by atoms with E-state index in [0.717, 1.165) is 41.6 Å². The Labute approximate surface area is 349 Å². The molecule has 3 N–H and O–H groups in total. The zero-order chi connectivity index (χ0) is 43.4. The number of aromatic hydroxyl groups is 3. The number of nitrogens with zero attached hydrogens (tertiary/aromatic N) is 3. The molecule has 0 saturated heterocycles. The van der Waals surface area contributed by atoms with E-state index in [1.54, 1.807) is 6.21 Å². The summed E-state index contributed by atoms with van der Waals surface area (Å²) < 4.78 is 0.540. The smallest absolute Gasteiger partial charge is 0.298 e. The SMILES string of the molecule is CCCCCCCCCCCCCCCC[N+](C)(C)CC(=O)N(Cc1cc(C(C)(C)C)c(O)c(C(C)(C)C)c1)N=Cc1c(C(C)(C)C)cc(C(C)(C)C)c(O)c1O. The van der Waals surface area contributed by atoms with Crippen LogP contribution in [-0.4, -0.2) is 64.1 Å². The van der Waals surface area contributed by atoms with Crippen LogP contribution >= 0.6 is 0 Å². The Balaban J connectivity index is 2.34. The highest BCUT2D eigenvalue weighted by Gasteiger charge is 2.31. The van der Waals surface area contributed by atoms with Gasteiger partial charge in [0.1, 0.15) is 5.75 Å². The third-order valence-corrected chi connectivity index (χ3v) is 11.3. The fourth-order valence-electron chi connectivity index (χ4n) is 7.68.